The summed E-state index contributed by atoms with van der Waals surface area (Å²) in [6.45, 7) is 0.840. The minimum Gasteiger partial charge on any atom is -0.349 e. The Hall–Kier alpha value is -0.920. The molecule has 1 aliphatic rings. The lowest BCUT2D eigenvalue weighted by atomic mass is 9.97. The molecule has 0 aliphatic carbocycles. The number of piperidine rings is 1. The van der Waals surface area contributed by atoms with E-state index in [4.69, 9.17) is 0 Å². The van der Waals surface area contributed by atoms with Gasteiger partial charge >= 0.3 is 0 Å². The molecule has 0 radical (unpaired) electrons. The van der Waals surface area contributed by atoms with Gasteiger partial charge in [0.1, 0.15) is 0 Å². The Morgan fingerprint density at radius 2 is 1.77 bits per heavy atom. The summed E-state index contributed by atoms with van der Waals surface area (Å²) in [4.78, 5) is 13.5. The fraction of sp³-hybridized carbons (Fsp3) is 0.533. The molecule has 1 amide bonds. The second kappa shape index (κ2) is 7.10. The molecular weight excluding hydrogens is 368 g/mol. The van der Waals surface area contributed by atoms with Gasteiger partial charge in [-0.3, -0.25) is 4.79 Å². The van der Waals surface area contributed by atoms with E-state index in [1.54, 1.807) is 19.0 Å². The van der Waals surface area contributed by atoms with Gasteiger partial charge in [-0.1, -0.05) is 28.1 Å². The Kier molecular flexibility index (Phi) is 5.63. The first-order valence-electron chi connectivity index (χ1n) is 7.23. The largest absolute Gasteiger partial charge is 0.349 e. The first kappa shape index (κ1) is 17.4. The number of amides is 1. The SMILES string of the molecule is CN(C)C(=O)C1CCN(S(=O)(=O)Cc2ccc(Br)cc2)CC1. The topological polar surface area (TPSA) is 57.7 Å². The second-order valence-corrected chi connectivity index (χ2v) is 8.67. The molecule has 5 nitrogen and oxygen atoms in total. The normalized spacial score (nSPS) is 17.4. The van der Waals surface area contributed by atoms with Gasteiger partial charge in [-0.05, 0) is 30.5 Å². The van der Waals surface area contributed by atoms with Crippen LogP contribution in [0.3, 0.4) is 0 Å². The van der Waals surface area contributed by atoms with Crippen molar-refractivity contribution in [2.45, 2.75) is 18.6 Å². The third kappa shape index (κ3) is 4.30. The Balaban J connectivity index is 1.97. The van der Waals surface area contributed by atoms with E-state index in [1.165, 1.54) is 4.31 Å². The number of sulfonamides is 1. The molecular formula is C15H21BrN2O3S. The van der Waals surface area contributed by atoms with Crippen molar-refractivity contribution in [3.8, 4) is 0 Å². The van der Waals surface area contributed by atoms with Crippen molar-refractivity contribution in [2.75, 3.05) is 27.2 Å². The van der Waals surface area contributed by atoms with Crippen LogP contribution in [-0.4, -0.2) is 50.7 Å². The van der Waals surface area contributed by atoms with E-state index in [0.29, 0.717) is 25.9 Å². The van der Waals surface area contributed by atoms with Crippen LogP contribution in [-0.2, 0) is 20.6 Å². The third-order valence-corrected chi connectivity index (χ3v) is 6.28. The number of carbonyl (C=O) groups is 1. The van der Waals surface area contributed by atoms with Crippen LogP contribution in [0.15, 0.2) is 28.7 Å². The molecule has 1 aromatic rings. The van der Waals surface area contributed by atoms with E-state index >= 15 is 0 Å². The molecule has 0 saturated carbocycles. The van der Waals surface area contributed by atoms with Crippen LogP contribution in [0.2, 0.25) is 0 Å². The van der Waals surface area contributed by atoms with Crippen molar-refractivity contribution in [3.63, 3.8) is 0 Å². The highest BCUT2D eigenvalue weighted by Gasteiger charge is 2.31. The highest BCUT2D eigenvalue weighted by molar-refractivity contribution is 9.10. The fourth-order valence-corrected chi connectivity index (χ4v) is 4.46. The summed E-state index contributed by atoms with van der Waals surface area (Å²) in [5.41, 5.74) is 0.773. The maximum absolute atomic E-state index is 12.5. The standard InChI is InChI=1S/C15H21BrN2O3S/c1-17(2)15(19)13-7-9-18(10-8-13)22(20,21)11-12-3-5-14(16)6-4-12/h3-6,13H,7-11H2,1-2H3. The molecule has 0 N–H and O–H groups in total. The smallest absolute Gasteiger partial charge is 0.225 e. The summed E-state index contributed by atoms with van der Waals surface area (Å²) < 4.78 is 27.4. The third-order valence-electron chi connectivity index (χ3n) is 3.90. The highest BCUT2D eigenvalue weighted by atomic mass is 79.9. The predicted octanol–water partition coefficient (Wildman–Crippen LogP) is 2.08. The molecule has 0 bridgehead atoms. The Morgan fingerprint density at radius 3 is 2.27 bits per heavy atom. The van der Waals surface area contributed by atoms with E-state index in [0.717, 1.165) is 10.0 Å². The van der Waals surface area contributed by atoms with Crippen LogP contribution in [0.4, 0.5) is 0 Å². The summed E-state index contributed by atoms with van der Waals surface area (Å²) in [6.07, 6.45) is 1.19. The van der Waals surface area contributed by atoms with E-state index in [2.05, 4.69) is 15.9 Å². The maximum Gasteiger partial charge on any atom is 0.225 e. The van der Waals surface area contributed by atoms with Crippen molar-refractivity contribution in [3.05, 3.63) is 34.3 Å². The van der Waals surface area contributed by atoms with E-state index in [1.807, 2.05) is 24.3 Å². The zero-order chi connectivity index (χ0) is 16.3. The average molecular weight is 389 g/mol. The van der Waals surface area contributed by atoms with Crippen molar-refractivity contribution < 1.29 is 13.2 Å². The predicted molar refractivity (Wildman–Crippen MR) is 89.8 cm³/mol. The average Bonchev–Trinajstić information content (AvgIpc) is 2.48. The molecule has 0 aromatic heterocycles. The number of nitrogens with zero attached hydrogens (tertiary/aromatic N) is 2. The number of halogens is 1. The lowest BCUT2D eigenvalue weighted by Crippen LogP contribution is -2.43. The number of carbonyl (C=O) groups excluding carboxylic acids is 1. The molecule has 0 spiro atoms. The maximum atomic E-state index is 12.5. The number of hydrogen-bond acceptors (Lipinski definition) is 3. The van der Waals surface area contributed by atoms with Gasteiger partial charge in [0.2, 0.25) is 15.9 Å². The van der Waals surface area contributed by atoms with Crippen LogP contribution >= 0.6 is 15.9 Å². The lowest BCUT2D eigenvalue weighted by molar-refractivity contribution is -0.134. The van der Waals surface area contributed by atoms with Crippen molar-refractivity contribution in [2.24, 2.45) is 5.92 Å². The molecule has 0 unspecified atom stereocenters. The summed E-state index contributed by atoms with van der Waals surface area (Å²) in [5, 5.41) is 0. The molecule has 22 heavy (non-hydrogen) atoms. The Morgan fingerprint density at radius 1 is 1.23 bits per heavy atom. The Bertz CT molecular complexity index is 621. The van der Waals surface area contributed by atoms with Crippen molar-refractivity contribution >= 4 is 31.9 Å². The molecule has 2 rings (SSSR count). The molecule has 1 aromatic carbocycles. The van der Waals surface area contributed by atoms with Crippen LogP contribution in [0, 0.1) is 5.92 Å². The zero-order valence-electron chi connectivity index (χ0n) is 12.8. The van der Waals surface area contributed by atoms with Crippen LogP contribution in [0.25, 0.3) is 0 Å². The fourth-order valence-electron chi connectivity index (χ4n) is 2.63. The molecule has 1 aliphatic heterocycles. The lowest BCUT2D eigenvalue weighted by Gasteiger charge is -2.31. The molecule has 1 heterocycles. The molecule has 7 heteroatoms. The quantitative estimate of drug-likeness (QED) is 0.793. The summed E-state index contributed by atoms with van der Waals surface area (Å²) in [7, 11) is 0.145. The van der Waals surface area contributed by atoms with Gasteiger partial charge < -0.3 is 4.90 Å². The summed E-state index contributed by atoms with van der Waals surface area (Å²) >= 11 is 3.34. The van der Waals surface area contributed by atoms with Crippen LogP contribution in [0.5, 0.6) is 0 Å². The molecule has 0 atom stereocenters. The van der Waals surface area contributed by atoms with Gasteiger partial charge in [-0.15, -0.1) is 0 Å². The summed E-state index contributed by atoms with van der Waals surface area (Å²) in [6, 6.07) is 7.30. The van der Waals surface area contributed by atoms with E-state index in [9.17, 15) is 13.2 Å². The molecule has 1 saturated heterocycles. The first-order chi connectivity index (χ1) is 10.3. The summed E-state index contributed by atoms with van der Waals surface area (Å²) in [5.74, 6) is 0.0335. The van der Waals surface area contributed by atoms with Gasteiger partial charge in [0.15, 0.2) is 0 Å². The van der Waals surface area contributed by atoms with Gasteiger partial charge in [0.05, 0.1) is 5.75 Å². The molecule has 1 fully saturated rings. The Labute approximate surface area is 140 Å². The monoisotopic (exact) mass is 388 g/mol. The zero-order valence-corrected chi connectivity index (χ0v) is 15.2. The van der Waals surface area contributed by atoms with E-state index in [-0.39, 0.29) is 17.6 Å². The van der Waals surface area contributed by atoms with Gasteiger partial charge in [0.25, 0.3) is 0 Å². The number of hydrogen-bond donors (Lipinski definition) is 0. The molecule has 122 valence electrons. The second-order valence-electron chi connectivity index (χ2n) is 5.79. The van der Waals surface area contributed by atoms with Crippen molar-refractivity contribution in [1.29, 1.82) is 0 Å². The van der Waals surface area contributed by atoms with Gasteiger partial charge in [-0.2, -0.15) is 0 Å². The number of rotatable bonds is 4. The van der Waals surface area contributed by atoms with E-state index < -0.39 is 10.0 Å². The van der Waals surface area contributed by atoms with Crippen LogP contribution < -0.4 is 0 Å². The van der Waals surface area contributed by atoms with Crippen molar-refractivity contribution in [1.82, 2.24) is 9.21 Å². The minimum atomic E-state index is -3.33. The van der Waals surface area contributed by atoms with Crippen LogP contribution in [0.1, 0.15) is 18.4 Å². The highest BCUT2D eigenvalue weighted by Crippen LogP contribution is 2.23. The van der Waals surface area contributed by atoms with Gasteiger partial charge in [0, 0.05) is 37.6 Å². The number of benzene rings is 1. The van der Waals surface area contributed by atoms with Gasteiger partial charge in [-0.25, -0.2) is 12.7 Å². The minimum absolute atomic E-state index is 0.00652. The first-order valence-corrected chi connectivity index (χ1v) is 9.63.